The maximum atomic E-state index is 12.0. The summed E-state index contributed by atoms with van der Waals surface area (Å²) in [6.07, 6.45) is -4.73. The van der Waals surface area contributed by atoms with Crippen molar-refractivity contribution in [2.24, 2.45) is 0 Å². The lowest BCUT2D eigenvalue weighted by molar-refractivity contribution is -0.274. The van der Waals surface area contributed by atoms with Crippen molar-refractivity contribution in [1.29, 1.82) is 0 Å². The second kappa shape index (κ2) is 5.73. The molecule has 21 heavy (non-hydrogen) atoms. The van der Waals surface area contributed by atoms with Gasteiger partial charge in [0.15, 0.2) is 0 Å². The fourth-order valence-corrected chi connectivity index (χ4v) is 1.54. The van der Waals surface area contributed by atoms with Gasteiger partial charge in [0.25, 0.3) is 5.91 Å². The fraction of sp³-hybridized carbons (Fsp3) is 0.167. The number of halogens is 3. The summed E-state index contributed by atoms with van der Waals surface area (Å²) in [6.45, 7) is 0.143. The molecule has 0 saturated heterocycles. The van der Waals surface area contributed by atoms with Crippen molar-refractivity contribution in [2.45, 2.75) is 12.9 Å². The molecular formula is C12H11F3N4O2. The summed E-state index contributed by atoms with van der Waals surface area (Å²) < 4.78 is 39.7. The predicted molar refractivity (Wildman–Crippen MR) is 67.3 cm³/mol. The van der Waals surface area contributed by atoms with Crippen LogP contribution in [0.1, 0.15) is 16.1 Å². The summed E-state index contributed by atoms with van der Waals surface area (Å²) in [7, 11) is 0. The third kappa shape index (κ3) is 4.41. The standard InChI is InChI=1S/C12H11F3N4O2/c13-12(14,15)21-8-3-1-7(2-4-8)6-17-11(20)9-5-10(16)19-18-9/h1-5H,6H2,(H,17,20)(H3,16,18,19). The molecule has 1 aromatic carbocycles. The number of carbonyl (C=O) groups is 1. The number of anilines is 1. The van der Waals surface area contributed by atoms with Crippen molar-refractivity contribution in [1.82, 2.24) is 15.5 Å². The lowest BCUT2D eigenvalue weighted by Crippen LogP contribution is -2.23. The van der Waals surface area contributed by atoms with Crippen LogP contribution in [0.25, 0.3) is 0 Å². The molecule has 0 aliphatic carbocycles. The molecular weight excluding hydrogens is 289 g/mol. The summed E-state index contributed by atoms with van der Waals surface area (Å²) in [6, 6.07) is 6.55. The van der Waals surface area contributed by atoms with Crippen LogP contribution in [0, 0.1) is 0 Å². The van der Waals surface area contributed by atoms with Crippen molar-refractivity contribution in [3.8, 4) is 5.75 Å². The second-order valence-corrected chi connectivity index (χ2v) is 4.08. The molecule has 1 heterocycles. The van der Waals surface area contributed by atoms with E-state index in [2.05, 4.69) is 20.3 Å². The highest BCUT2D eigenvalue weighted by molar-refractivity contribution is 5.92. The molecule has 0 bridgehead atoms. The Hall–Kier alpha value is -2.71. The van der Waals surface area contributed by atoms with Crippen LogP contribution in [0.3, 0.4) is 0 Å². The Morgan fingerprint density at radius 2 is 2.00 bits per heavy atom. The smallest absolute Gasteiger partial charge is 0.406 e. The van der Waals surface area contributed by atoms with Crippen molar-refractivity contribution in [2.75, 3.05) is 5.73 Å². The Morgan fingerprint density at radius 1 is 1.33 bits per heavy atom. The molecule has 0 aliphatic rings. The van der Waals surface area contributed by atoms with E-state index in [0.29, 0.717) is 5.56 Å². The molecule has 0 atom stereocenters. The normalized spacial score (nSPS) is 11.2. The maximum Gasteiger partial charge on any atom is 0.573 e. The molecule has 0 fully saturated rings. The number of alkyl halides is 3. The third-order valence-electron chi connectivity index (χ3n) is 2.45. The van der Waals surface area contributed by atoms with Gasteiger partial charge in [0.1, 0.15) is 17.3 Å². The third-order valence-corrected chi connectivity index (χ3v) is 2.45. The molecule has 9 heteroatoms. The van der Waals surface area contributed by atoms with Gasteiger partial charge in [-0.1, -0.05) is 12.1 Å². The van der Waals surface area contributed by atoms with E-state index in [9.17, 15) is 18.0 Å². The highest BCUT2D eigenvalue weighted by Crippen LogP contribution is 2.22. The highest BCUT2D eigenvalue weighted by Gasteiger charge is 2.30. The lowest BCUT2D eigenvalue weighted by Gasteiger charge is -2.09. The van der Waals surface area contributed by atoms with Crippen LogP contribution >= 0.6 is 0 Å². The Balaban J connectivity index is 1.90. The monoisotopic (exact) mass is 300 g/mol. The number of aromatic amines is 1. The number of ether oxygens (including phenoxy) is 1. The number of nitrogens with two attached hydrogens (primary N) is 1. The van der Waals surface area contributed by atoms with E-state index in [-0.39, 0.29) is 23.8 Å². The van der Waals surface area contributed by atoms with Gasteiger partial charge in [0.05, 0.1) is 0 Å². The summed E-state index contributed by atoms with van der Waals surface area (Å²) in [5, 5.41) is 8.62. The number of hydrogen-bond acceptors (Lipinski definition) is 4. The van der Waals surface area contributed by atoms with Gasteiger partial charge in [0.2, 0.25) is 0 Å². The molecule has 0 saturated carbocycles. The summed E-state index contributed by atoms with van der Waals surface area (Å²) >= 11 is 0. The first-order valence-electron chi connectivity index (χ1n) is 5.77. The van der Waals surface area contributed by atoms with Crippen LogP contribution in [0.15, 0.2) is 30.3 Å². The quantitative estimate of drug-likeness (QED) is 0.803. The first-order valence-corrected chi connectivity index (χ1v) is 5.77. The first-order chi connectivity index (χ1) is 9.83. The van der Waals surface area contributed by atoms with Gasteiger partial charge >= 0.3 is 6.36 Å². The van der Waals surface area contributed by atoms with Crippen molar-refractivity contribution >= 4 is 11.7 Å². The van der Waals surface area contributed by atoms with Gasteiger partial charge in [-0.15, -0.1) is 13.2 Å². The number of benzene rings is 1. The zero-order valence-corrected chi connectivity index (χ0v) is 10.6. The minimum atomic E-state index is -4.73. The summed E-state index contributed by atoms with van der Waals surface area (Å²) in [5.41, 5.74) is 6.18. The van der Waals surface area contributed by atoms with Gasteiger partial charge in [-0.25, -0.2) is 0 Å². The van der Waals surface area contributed by atoms with Crippen LogP contribution in [-0.2, 0) is 6.54 Å². The van der Waals surface area contributed by atoms with Crippen LogP contribution in [0.2, 0.25) is 0 Å². The number of H-pyrrole nitrogens is 1. The molecule has 1 amide bonds. The molecule has 0 unspecified atom stereocenters. The number of nitrogen functional groups attached to an aromatic ring is 1. The number of hydrogen-bond donors (Lipinski definition) is 3. The fourth-order valence-electron chi connectivity index (χ4n) is 1.54. The predicted octanol–water partition coefficient (Wildman–Crippen LogP) is 1.82. The Bertz CT molecular complexity index is 622. The minimum absolute atomic E-state index is 0.143. The van der Waals surface area contributed by atoms with E-state index in [4.69, 9.17) is 5.73 Å². The van der Waals surface area contributed by atoms with E-state index in [1.807, 2.05) is 0 Å². The Labute approximate surface area is 117 Å². The van der Waals surface area contributed by atoms with Crippen LogP contribution in [0.4, 0.5) is 19.0 Å². The highest BCUT2D eigenvalue weighted by atomic mass is 19.4. The van der Waals surface area contributed by atoms with Gasteiger partial charge in [0, 0.05) is 12.6 Å². The molecule has 2 aromatic rings. The Kier molecular flexibility index (Phi) is 4.01. The van der Waals surface area contributed by atoms with Crippen molar-refractivity contribution < 1.29 is 22.7 Å². The van der Waals surface area contributed by atoms with E-state index in [0.717, 1.165) is 0 Å². The zero-order chi connectivity index (χ0) is 15.5. The Morgan fingerprint density at radius 3 is 2.52 bits per heavy atom. The molecule has 112 valence electrons. The van der Waals surface area contributed by atoms with Crippen LogP contribution in [0.5, 0.6) is 5.75 Å². The number of nitrogens with one attached hydrogen (secondary N) is 2. The van der Waals surface area contributed by atoms with Crippen molar-refractivity contribution in [3.05, 3.63) is 41.6 Å². The molecule has 0 aliphatic heterocycles. The SMILES string of the molecule is Nc1cc(C(=O)NCc2ccc(OC(F)(F)F)cc2)[nH]n1. The van der Waals surface area contributed by atoms with E-state index in [1.54, 1.807) is 0 Å². The molecule has 6 nitrogen and oxygen atoms in total. The largest absolute Gasteiger partial charge is 0.573 e. The first kappa shape index (κ1) is 14.7. The van der Waals surface area contributed by atoms with Crippen molar-refractivity contribution in [3.63, 3.8) is 0 Å². The maximum absolute atomic E-state index is 12.0. The lowest BCUT2D eigenvalue weighted by atomic mass is 10.2. The van der Waals surface area contributed by atoms with Gasteiger partial charge in [-0.05, 0) is 17.7 Å². The summed E-state index contributed by atoms with van der Waals surface area (Å²) in [4.78, 5) is 11.7. The van der Waals surface area contributed by atoms with Crippen LogP contribution < -0.4 is 15.8 Å². The number of carbonyl (C=O) groups excluding carboxylic acids is 1. The number of amides is 1. The molecule has 0 radical (unpaired) electrons. The minimum Gasteiger partial charge on any atom is -0.406 e. The average molecular weight is 300 g/mol. The van der Waals surface area contributed by atoms with E-state index >= 15 is 0 Å². The van der Waals surface area contributed by atoms with E-state index < -0.39 is 12.3 Å². The summed E-state index contributed by atoms with van der Waals surface area (Å²) in [5.74, 6) is -0.553. The van der Waals surface area contributed by atoms with E-state index in [1.165, 1.54) is 30.3 Å². The molecule has 2 rings (SSSR count). The zero-order valence-electron chi connectivity index (χ0n) is 10.6. The van der Waals surface area contributed by atoms with Gasteiger partial charge in [-0.2, -0.15) is 5.10 Å². The van der Waals surface area contributed by atoms with Gasteiger partial charge < -0.3 is 15.8 Å². The molecule has 0 spiro atoms. The topological polar surface area (TPSA) is 93.0 Å². The van der Waals surface area contributed by atoms with Crippen LogP contribution in [-0.4, -0.2) is 22.5 Å². The average Bonchev–Trinajstić information content (AvgIpc) is 2.82. The number of aromatic nitrogens is 2. The molecule has 4 N–H and O–H groups in total. The second-order valence-electron chi connectivity index (χ2n) is 4.08. The number of rotatable bonds is 4. The van der Waals surface area contributed by atoms with Gasteiger partial charge in [-0.3, -0.25) is 9.89 Å². The number of nitrogens with zero attached hydrogens (tertiary/aromatic N) is 1. The molecule has 1 aromatic heterocycles.